The van der Waals surface area contributed by atoms with Gasteiger partial charge < -0.3 is 20.2 Å². The Kier molecular flexibility index (Phi) is 5.23. The van der Waals surface area contributed by atoms with Crippen LogP contribution in [-0.2, 0) is 7.05 Å². The molecule has 0 radical (unpaired) electrons. The van der Waals surface area contributed by atoms with Gasteiger partial charge in [-0.15, -0.1) is 0 Å². The highest BCUT2D eigenvalue weighted by molar-refractivity contribution is 5.96. The molecule has 5 rings (SSSR count). The van der Waals surface area contributed by atoms with Gasteiger partial charge in [-0.1, -0.05) is 13.8 Å². The van der Waals surface area contributed by atoms with E-state index in [0.717, 1.165) is 11.2 Å². The zero-order valence-corrected chi connectivity index (χ0v) is 19.7. The summed E-state index contributed by atoms with van der Waals surface area (Å²) < 4.78 is 1.67. The molecule has 34 heavy (non-hydrogen) atoms. The topological polar surface area (TPSA) is 133 Å². The minimum atomic E-state index is -0.286. The van der Waals surface area contributed by atoms with E-state index in [1.165, 1.54) is 0 Å². The molecule has 0 spiro atoms. The van der Waals surface area contributed by atoms with Crippen molar-refractivity contribution in [1.29, 1.82) is 0 Å². The van der Waals surface area contributed by atoms with Crippen LogP contribution >= 0.6 is 0 Å². The predicted molar refractivity (Wildman–Crippen MR) is 132 cm³/mol. The monoisotopic (exact) mass is 458 g/mol. The second-order valence-electron chi connectivity index (χ2n) is 8.79. The molecule has 174 valence electrons. The van der Waals surface area contributed by atoms with Crippen molar-refractivity contribution in [2.24, 2.45) is 13.0 Å². The third-order valence-electron chi connectivity index (χ3n) is 5.70. The smallest absolute Gasteiger partial charge is 0.261 e. The Labute approximate surface area is 195 Å². The van der Waals surface area contributed by atoms with Gasteiger partial charge in [-0.25, -0.2) is 19.9 Å². The number of aryl methyl sites for hydroxylation is 1. The molecule has 11 nitrogen and oxygen atoms in total. The van der Waals surface area contributed by atoms with Gasteiger partial charge >= 0.3 is 0 Å². The van der Waals surface area contributed by atoms with Gasteiger partial charge in [0, 0.05) is 39.7 Å². The lowest BCUT2D eigenvalue weighted by Gasteiger charge is -2.23. The van der Waals surface area contributed by atoms with Gasteiger partial charge in [0.2, 0.25) is 0 Å². The number of fused-ring (bicyclic) bond motifs is 2. The fraction of sp³-hybridized carbons (Fsp3) is 0.304. The van der Waals surface area contributed by atoms with Crippen LogP contribution in [0, 0.1) is 5.92 Å². The summed E-state index contributed by atoms with van der Waals surface area (Å²) in [4.78, 5) is 39.5. The lowest BCUT2D eigenvalue weighted by atomic mass is 10.0. The number of rotatable bonds is 6. The van der Waals surface area contributed by atoms with Crippen molar-refractivity contribution in [2.45, 2.75) is 19.9 Å². The fourth-order valence-corrected chi connectivity index (χ4v) is 3.96. The number of hydrogen-bond acceptors (Lipinski definition) is 8. The molecule has 0 aliphatic heterocycles. The maximum atomic E-state index is 13.4. The molecule has 0 aromatic carbocycles. The Bertz CT molecular complexity index is 1530. The van der Waals surface area contributed by atoms with Crippen LogP contribution in [-0.4, -0.2) is 53.8 Å². The molecule has 3 N–H and O–H groups in total. The van der Waals surface area contributed by atoms with Crippen molar-refractivity contribution in [3.8, 4) is 11.4 Å². The number of nitrogens with one attached hydrogen (secondary N) is 3. The molecule has 5 aromatic rings. The maximum Gasteiger partial charge on any atom is 0.261 e. The first kappa shape index (κ1) is 21.6. The maximum absolute atomic E-state index is 13.4. The summed E-state index contributed by atoms with van der Waals surface area (Å²) in [6.07, 6.45) is 6.95. The number of imidazole rings is 1. The van der Waals surface area contributed by atoms with E-state index in [9.17, 15) is 4.79 Å². The van der Waals surface area contributed by atoms with E-state index >= 15 is 0 Å². The van der Waals surface area contributed by atoms with Gasteiger partial charge in [-0.3, -0.25) is 9.48 Å². The van der Waals surface area contributed by atoms with Crippen LogP contribution in [0.1, 0.15) is 25.7 Å². The van der Waals surface area contributed by atoms with E-state index in [1.54, 1.807) is 35.5 Å². The lowest BCUT2D eigenvalue weighted by Crippen LogP contribution is -2.22. The summed E-state index contributed by atoms with van der Waals surface area (Å²) >= 11 is 0. The van der Waals surface area contributed by atoms with Gasteiger partial charge in [-0.05, 0) is 18.1 Å². The van der Waals surface area contributed by atoms with Gasteiger partial charge in [0.05, 0.1) is 34.6 Å². The van der Waals surface area contributed by atoms with Gasteiger partial charge in [0.15, 0.2) is 11.5 Å². The second kappa shape index (κ2) is 8.25. The van der Waals surface area contributed by atoms with Gasteiger partial charge in [0.1, 0.15) is 16.9 Å². The summed E-state index contributed by atoms with van der Waals surface area (Å²) in [5.41, 5.74) is 4.08. The summed E-state index contributed by atoms with van der Waals surface area (Å²) in [6.45, 7) is 4.15. The first-order valence-electron chi connectivity index (χ1n) is 11.0. The summed E-state index contributed by atoms with van der Waals surface area (Å²) in [5, 5.41) is 8.14. The molecule has 0 unspecified atom stereocenters. The van der Waals surface area contributed by atoms with E-state index in [0.29, 0.717) is 39.6 Å². The average molecular weight is 459 g/mol. The highest BCUT2D eigenvalue weighted by Crippen LogP contribution is 2.34. The Balaban J connectivity index is 1.72. The Morgan fingerprint density at radius 2 is 1.85 bits per heavy atom. The van der Waals surface area contributed by atoms with E-state index < -0.39 is 0 Å². The molecule has 0 amide bonds. The highest BCUT2D eigenvalue weighted by Gasteiger charge is 2.26. The van der Waals surface area contributed by atoms with Crippen LogP contribution in [0.2, 0.25) is 0 Å². The molecule has 1 atom stereocenters. The number of H-pyrrole nitrogens is 2. The third kappa shape index (κ3) is 3.74. The minimum Gasteiger partial charge on any atom is -0.376 e. The number of anilines is 2. The van der Waals surface area contributed by atoms with E-state index in [-0.39, 0.29) is 17.5 Å². The number of aromatic amines is 2. The van der Waals surface area contributed by atoms with Crippen LogP contribution < -0.4 is 15.8 Å². The predicted octanol–water partition coefficient (Wildman–Crippen LogP) is 2.87. The molecule has 0 saturated heterocycles. The van der Waals surface area contributed by atoms with Crippen molar-refractivity contribution >= 4 is 33.6 Å². The summed E-state index contributed by atoms with van der Waals surface area (Å²) in [7, 11) is 5.70. The van der Waals surface area contributed by atoms with Crippen LogP contribution in [0.25, 0.3) is 33.6 Å². The lowest BCUT2D eigenvalue weighted by molar-refractivity contribution is 0.521. The van der Waals surface area contributed by atoms with Gasteiger partial charge in [-0.2, -0.15) is 5.10 Å². The molecule has 0 aliphatic rings. The van der Waals surface area contributed by atoms with Crippen molar-refractivity contribution < 1.29 is 0 Å². The van der Waals surface area contributed by atoms with Crippen molar-refractivity contribution in [2.75, 3.05) is 24.3 Å². The highest BCUT2D eigenvalue weighted by atomic mass is 16.1. The minimum absolute atomic E-state index is 0.133. The number of nitrogens with zero attached hydrogens (tertiary/aromatic N) is 7. The molecule has 0 bridgehead atoms. The zero-order valence-electron chi connectivity index (χ0n) is 19.7. The molecule has 11 heteroatoms. The Hall–Kier alpha value is -4.28. The van der Waals surface area contributed by atoms with Gasteiger partial charge in [0.25, 0.3) is 5.56 Å². The molecule has 0 aliphatic carbocycles. The largest absolute Gasteiger partial charge is 0.376 e. The molecular formula is C23H26N10O. The molecule has 0 saturated carbocycles. The van der Waals surface area contributed by atoms with E-state index in [4.69, 9.17) is 0 Å². The average Bonchev–Trinajstić information content (AvgIpc) is 3.39. The molecule has 5 aromatic heterocycles. The number of aromatic nitrogens is 8. The quantitative estimate of drug-likeness (QED) is 0.354. The van der Waals surface area contributed by atoms with Crippen LogP contribution in [0.15, 0.2) is 41.7 Å². The summed E-state index contributed by atoms with van der Waals surface area (Å²) in [5.74, 6) is 1.18. The van der Waals surface area contributed by atoms with Crippen molar-refractivity contribution in [3.63, 3.8) is 0 Å². The van der Waals surface area contributed by atoms with Crippen LogP contribution in [0.3, 0.4) is 0 Å². The van der Waals surface area contributed by atoms with Crippen molar-refractivity contribution in [1.82, 2.24) is 39.7 Å². The fourth-order valence-electron chi connectivity index (χ4n) is 3.96. The molecular weight excluding hydrogens is 432 g/mol. The first-order chi connectivity index (χ1) is 16.3. The SMILES string of the molecule is CC(C)[C@H](Nc1c(-c2nc3ncc(N(C)C)cc3[nH]2)c(=O)[nH]c2cn(C)nc12)c1ncccn1. The van der Waals surface area contributed by atoms with E-state index in [1.807, 2.05) is 32.1 Å². The second-order valence-corrected chi connectivity index (χ2v) is 8.79. The molecule has 5 heterocycles. The van der Waals surface area contributed by atoms with Crippen LogP contribution in [0.4, 0.5) is 11.4 Å². The standard InChI is InChI=1S/C23H26N10O/c1-12(2)17(22-24-7-6-8-25-22)29-19-16(23(34)28-15-11-33(5)31-18(15)19)21-27-14-9-13(32(3)4)10-26-20(14)30-21/h6-12,17,29H,1-5H3,(H,28,34)(H,26,27,30)/t17-/m0/s1. The van der Waals surface area contributed by atoms with Crippen LogP contribution in [0.5, 0.6) is 0 Å². The zero-order chi connectivity index (χ0) is 24.0. The Morgan fingerprint density at radius 3 is 2.56 bits per heavy atom. The van der Waals surface area contributed by atoms with E-state index in [2.05, 4.69) is 54.2 Å². The number of pyridine rings is 2. The Morgan fingerprint density at radius 1 is 1.09 bits per heavy atom. The first-order valence-corrected chi connectivity index (χ1v) is 11.0. The van der Waals surface area contributed by atoms with Crippen molar-refractivity contribution in [3.05, 3.63) is 53.1 Å². The third-order valence-corrected chi connectivity index (χ3v) is 5.70. The molecule has 0 fully saturated rings. The number of hydrogen-bond donors (Lipinski definition) is 3. The summed E-state index contributed by atoms with van der Waals surface area (Å²) in [6, 6.07) is 3.48. The normalized spacial score (nSPS) is 12.5.